The molecule has 2 aromatic rings. The predicted octanol–water partition coefficient (Wildman–Crippen LogP) is 3.43. The van der Waals surface area contributed by atoms with Gasteiger partial charge in [0, 0.05) is 31.7 Å². The van der Waals surface area contributed by atoms with Gasteiger partial charge in [0.05, 0.1) is 18.8 Å². The Hall–Kier alpha value is -2.20. The Labute approximate surface area is 145 Å². The van der Waals surface area contributed by atoms with Gasteiger partial charge in [-0.15, -0.1) is 0 Å². The zero-order valence-corrected chi connectivity index (χ0v) is 15.2. The summed E-state index contributed by atoms with van der Waals surface area (Å²) in [6.07, 6.45) is 0. The van der Waals surface area contributed by atoms with Gasteiger partial charge in [-0.05, 0) is 35.9 Å². The molecule has 1 aliphatic heterocycles. The van der Waals surface area contributed by atoms with Crippen LogP contribution in [0.3, 0.4) is 0 Å². The van der Waals surface area contributed by atoms with Crippen molar-refractivity contribution < 1.29 is 4.74 Å². The number of ether oxygens (including phenoxy) is 1. The van der Waals surface area contributed by atoms with Crippen LogP contribution in [0.15, 0.2) is 48.5 Å². The van der Waals surface area contributed by atoms with Crippen LogP contribution in [-0.2, 0) is 5.41 Å². The third-order valence-corrected chi connectivity index (χ3v) is 5.26. The Bertz CT molecular complexity index is 696. The van der Waals surface area contributed by atoms with E-state index in [4.69, 9.17) is 4.74 Å². The zero-order chi connectivity index (χ0) is 17.3. The third kappa shape index (κ3) is 2.82. The highest BCUT2D eigenvalue weighted by atomic mass is 16.5. The lowest BCUT2D eigenvalue weighted by Crippen LogP contribution is -2.50. The summed E-state index contributed by atoms with van der Waals surface area (Å²) in [7, 11) is 5.93. The molecule has 0 saturated carbocycles. The van der Waals surface area contributed by atoms with Crippen molar-refractivity contribution in [2.75, 3.05) is 37.7 Å². The highest BCUT2D eigenvalue weighted by Crippen LogP contribution is 2.43. The number of hydrogen-bond acceptors (Lipinski definition) is 4. The highest BCUT2D eigenvalue weighted by molar-refractivity contribution is 5.63. The second-order valence-corrected chi connectivity index (χ2v) is 6.98. The minimum Gasteiger partial charge on any atom is -0.497 e. The van der Waals surface area contributed by atoms with Gasteiger partial charge in [-0.25, -0.2) is 5.43 Å². The predicted molar refractivity (Wildman–Crippen MR) is 101 cm³/mol. The monoisotopic (exact) mass is 325 g/mol. The van der Waals surface area contributed by atoms with Crippen LogP contribution in [-0.4, -0.2) is 33.8 Å². The second-order valence-electron chi connectivity index (χ2n) is 6.98. The molecule has 1 heterocycles. The van der Waals surface area contributed by atoms with E-state index in [1.54, 1.807) is 7.11 Å². The number of fused-ring (bicyclic) bond motifs is 1. The van der Waals surface area contributed by atoms with E-state index in [1.165, 1.54) is 11.3 Å². The number of rotatable bonds is 5. The number of hydrazine groups is 1. The molecule has 128 valence electrons. The van der Waals surface area contributed by atoms with Crippen molar-refractivity contribution in [1.82, 2.24) is 5.43 Å². The minimum atomic E-state index is 0.110. The normalized spacial score (nSPS) is 18.4. The van der Waals surface area contributed by atoms with Gasteiger partial charge >= 0.3 is 0 Å². The van der Waals surface area contributed by atoms with E-state index in [-0.39, 0.29) is 5.41 Å². The van der Waals surface area contributed by atoms with E-state index in [1.807, 2.05) is 12.1 Å². The first-order chi connectivity index (χ1) is 11.4. The van der Waals surface area contributed by atoms with Crippen LogP contribution in [0.4, 0.5) is 11.4 Å². The van der Waals surface area contributed by atoms with Crippen LogP contribution in [0.2, 0.25) is 0 Å². The summed E-state index contributed by atoms with van der Waals surface area (Å²) >= 11 is 0. The molecule has 0 saturated heterocycles. The third-order valence-electron chi connectivity index (χ3n) is 5.26. The summed E-state index contributed by atoms with van der Waals surface area (Å²) in [6, 6.07) is 17.2. The van der Waals surface area contributed by atoms with Gasteiger partial charge in [0.15, 0.2) is 0 Å². The first-order valence-corrected chi connectivity index (χ1v) is 8.39. The standard InChI is InChI=1S/C20H27N3O/c1-20(2)17-8-6-7-9-18(17)22(3)19(20)14-21-23(4)15-10-12-16(24-5)13-11-15/h6-13,19,21H,14H2,1-5H3. The van der Waals surface area contributed by atoms with E-state index in [0.29, 0.717) is 6.04 Å². The van der Waals surface area contributed by atoms with Gasteiger partial charge in [0.2, 0.25) is 0 Å². The first-order valence-electron chi connectivity index (χ1n) is 8.39. The molecule has 1 N–H and O–H groups in total. The quantitative estimate of drug-likeness (QED) is 0.853. The van der Waals surface area contributed by atoms with Gasteiger partial charge in [-0.2, -0.15) is 0 Å². The van der Waals surface area contributed by atoms with Crippen molar-refractivity contribution in [3.05, 3.63) is 54.1 Å². The molecule has 1 unspecified atom stereocenters. The Kier molecular flexibility index (Phi) is 4.41. The van der Waals surface area contributed by atoms with Crippen LogP contribution in [0.25, 0.3) is 0 Å². The van der Waals surface area contributed by atoms with Gasteiger partial charge in [0.25, 0.3) is 0 Å². The zero-order valence-electron chi connectivity index (χ0n) is 15.2. The Morgan fingerprint density at radius 2 is 1.79 bits per heavy atom. The van der Waals surface area contributed by atoms with Gasteiger partial charge in [-0.3, -0.25) is 0 Å². The van der Waals surface area contributed by atoms with Crippen LogP contribution < -0.4 is 20.1 Å². The molecule has 0 aliphatic carbocycles. The molecular formula is C20H27N3O. The van der Waals surface area contributed by atoms with Crippen molar-refractivity contribution in [3.63, 3.8) is 0 Å². The molecule has 24 heavy (non-hydrogen) atoms. The van der Waals surface area contributed by atoms with E-state index in [9.17, 15) is 0 Å². The summed E-state index contributed by atoms with van der Waals surface area (Å²) in [5, 5.41) is 2.08. The van der Waals surface area contributed by atoms with Crippen molar-refractivity contribution >= 4 is 11.4 Å². The summed E-state index contributed by atoms with van der Waals surface area (Å²) < 4.78 is 5.22. The largest absolute Gasteiger partial charge is 0.497 e. The molecule has 1 aliphatic rings. The van der Waals surface area contributed by atoms with Crippen molar-refractivity contribution in [1.29, 1.82) is 0 Å². The smallest absolute Gasteiger partial charge is 0.119 e. The maximum Gasteiger partial charge on any atom is 0.119 e. The lowest BCUT2D eigenvalue weighted by molar-refractivity contribution is 0.404. The number of methoxy groups -OCH3 is 1. The molecule has 0 amide bonds. The summed E-state index contributed by atoms with van der Waals surface area (Å²) in [4.78, 5) is 2.39. The fourth-order valence-electron chi connectivity index (χ4n) is 3.67. The van der Waals surface area contributed by atoms with Gasteiger partial charge in [-0.1, -0.05) is 32.0 Å². The lowest BCUT2D eigenvalue weighted by atomic mass is 9.80. The lowest BCUT2D eigenvalue weighted by Gasteiger charge is -2.34. The summed E-state index contributed by atoms with van der Waals surface area (Å²) in [5.41, 5.74) is 7.53. The topological polar surface area (TPSA) is 27.7 Å². The number of anilines is 2. The maximum absolute atomic E-state index is 5.22. The van der Waals surface area contributed by atoms with E-state index in [2.05, 4.69) is 79.7 Å². The number of nitrogens with zero attached hydrogens (tertiary/aromatic N) is 2. The van der Waals surface area contributed by atoms with Crippen LogP contribution >= 0.6 is 0 Å². The molecule has 0 bridgehead atoms. The maximum atomic E-state index is 5.22. The van der Waals surface area contributed by atoms with E-state index < -0.39 is 0 Å². The number of benzene rings is 2. The van der Waals surface area contributed by atoms with E-state index >= 15 is 0 Å². The molecule has 4 nitrogen and oxygen atoms in total. The van der Waals surface area contributed by atoms with Crippen LogP contribution in [0, 0.1) is 0 Å². The molecule has 4 heteroatoms. The van der Waals surface area contributed by atoms with Crippen molar-refractivity contribution in [2.45, 2.75) is 25.3 Å². The summed E-state index contributed by atoms with van der Waals surface area (Å²) in [5.74, 6) is 0.874. The van der Waals surface area contributed by atoms with Crippen LogP contribution in [0.5, 0.6) is 5.75 Å². The first kappa shape index (κ1) is 16.7. The highest BCUT2D eigenvalue weighted by Gasteiger charge is 2.42. The Morgan fingerprint density at radius 3 is 2.42 bits per heavy atom. The fraction of sp³-hybridized carbons (Fsp3) is 0.400. The Balaban J connectivity index is 1.70. The van der Waals surface area contributed by atoms with E-state index in [0.717, 1.165) is 18.0 Å². The van der Waals surface area contributed by atoms with Crippen molar-refractivity contribution in [3.8, 4) is 5.75 Å². The van der Waals surface area contributed by atoms with Crippen LogP contribution in [0.1, 0.15) is 19.4 Å². The molecular weight excluding hydrogens is 298 g/mol. The average Bonchev–Trinajstić information content (AvgIpc) is 2.80. The second kappa shape index (κ2) is 6.36. The van der Waals surface area contributed by atoms with Gasteiger partial charge in [0.1, 0.15) is 5.75 Å². The fourth-order valence-corrected chi connectivity index (χ4v) is 3.67. The van der Waals surface area contributed by atoms with Crippen molar-refractivity contribution in [2.24, 2.45) is 0 Å². The molecule has 0 radical (unpaired) electrons. The number of likely N-dealkylation sites (N-methyl/N-ethyl adjacent to an activating group) is 1. The number of nitrogens with one attached hydrogen (secondary N) is 1. The SMILES string of the molecule is COc1ccc(N(C)NCC2N(C)c3ccccc3C2(C)C)cc1. The molecule has 0 aromatic heterocycles. The number of hydrogen-bond donors (Lipinski definition) is 1. The molecule has 0 fully saturated rings. The number of para-hydroxylation sites is 1. The molecule has 2 aromatic carbocycles. The average molecular weight is 325 g/mol. The van der Waals surface area contributed by atoms with Gasteiger partial charge < -0.3 is 14.6 Å². The minimum absolute atomic E-state index is 0.110. The Morgan fingerprint density at radius 1 is 1.12 bits per heavy atom. The molecule has 1 atom stereocenters. The molecule has 3 rings (SSSR count). The molecule has 0 spiro atoms. The summed E-state index contributed by atoms with van der Waals surface area (Å²) in [6.45, 7) is 5.53.